The molecular weight excluding hydrogens is 474 g/mol. The number of amides is 1. The molecule has 36 heavy (non-hydrogen) atoms. The van der Waals surface area contributed by atoms with Crippen molar-refractivity contribution in [2.75, 3.05) is 14.2 Å². The third kappa shape index (κ3) is 4.01. The standard InChI is InChI=1S/C27H25N5O3S/c1-15-7-6-8-18(11-15)26-30-32-24(28)21(25(33)29-27(32)36-26)13-19-12-16(2)31(17(19)3)22-14-20(34-4)9-10-23(22)35-5/h6-14,28H,1-5H3. The molecule has 0 fully saturated rings. The molecule has 2 aliphatic rings. The third-order valence-corrected chi connectivity index (χ3v) is 7.07. The summed E-state index contributed by atoms with van der Waals surface area (Å²) in [5, 5.41) is 15.9. The zero-order valence-electron chi connectivity index (χ0n) is 20.6. The molecule has 0 saturated carbocycles. The summed E-state index contributed by atoms with van der Waals surface area (Å²) in [7, 11) is 3.24. The van der Waals surface area contributed by atoms with E-state index in [0.717, 1.165) is 33.8 Å². The normalized spacial score (nSPS) is 16.2. The number of hydrogen-bond donors (Lipinski definition) is 1. The summed E-state index contributed by atoms with van der Waals surface area (Å²) < 4.78 is 13.0. The van der Waals surface area contributed by atoms with E-state index in [4.69, 9.17) is 14.9 Å². The zero-order valence-corrected chi connectivity index (χ0v) is 21.4. The van der Waals surface area contributed by atoms with Crippen LogP contribution in [0.25, 0.3) is 11.8 Å². The molecule has 0 bridgehead atoms. The number of carbonyl (C=O) groups is 1. The minimum atomic E-state index is -0.455. The van der Waals surface area contributed by atoms with E-state index >= 15 is 0 Å². The van der Waals surface area contributed by atoms with Crippen molar-refractivity contribution in [3.05, 3.63) is 82.2 Å². The molecule has 2 aliphatic heterocycles. The van der Waals surface area contributed by atoms with Crippen LogP contribution in [0.5, 0.6) is 11.5 Å². The first-order chi connectivity index (χ1) is 17.3. The summed E-state index contributed by atoms with van der Waals surface area (Å²) in [6.07, 6.45) is 1.71. The van der Waals surface area contributed by atoms with Gasteiger partial charge in [-0.1, -0.05) is 23.8 Å². The molecule has 1 amide bonds. The number of hydrazone groups is 1. The Hall–Kier alpha value is -4.11. The van der Waals surface area contributed by atoms with Crippen LogP contribution in [0.15, 0.2) is 64.2 Å². The number of aliphatic imine (C=N–C) groups is 1. The molecule has 5 rings (SSSR count). The molecule has 0 aliphatic carbocycles. The number of carbonyl (C=O) groups excluding carboxylic acids is 1. The molecule has 1 N–H and O–H groups in total. The summed E-state index contributed by atoms with van der Waals surface area (Å²) in [4.78, 5) is 17.2. The fourth-order valence-electron chi connectivity index (χ4n) is 4.32. The highest BCUT2D eigenvalue weighted by Gasteiger charge is 2.36. The van der Waals surface area contributed by atoms with Crippen LogP contribution >= 0.6 is 11.8 Å². The SMILES string of the molecule is COc1ccc(OC)c(-n2c(C)cc(C=C3C(=N)N4N=C(c5cccc(C)c5)SC4=NC3=O)c2C)c1. The summed E-state index contributed by atoms with van der Waals surface area (Å²) in [6.45, 7) is 5.95. The van der Waals surface area contributed by atoms with Crippen LogP contribution < -0.4 is 9.47 Å². The topological polar surface area (TPSA) is 92.3 Å². The van der Waals surface area contributed by atoms with Gasteiger partial charge in [-0.2, -0.15) is 15.1 Å². The van der Waals surface area contributed by atoms with Gasteiger partial charge in [-0.15, -0.1) is 0 Å². The largest absolute Gasteiger partial charge is 0.497 e. The fraction of sp³-hybridized carbons (Fsp3) is 0.185. The van der Waals surface area contributed by atoms with Gasteiger partial charge in [0.1, 0.15) is 16.5 Å². The van der Waals surface area contributed by atoms with Crippen molar-refractivity contribution in [3.8, 4) is 17.2 Å². The number of fused-ring (bicyclic) bond motifs is 1. The minimum absolute atomic E-state index is 0.00363. The number of amidine groups is 2. The Morgan fingerprint density at radius 1 is 1.03 bits per heavy atom. The fourth-order valence-corrected chi connectivity index (χ4v) is 5.21. The van der Waals surface area contributed by atoms with E-state index in [9.17, 15) is 4.79 Å². The Bertz CT molecular complexity index is 1520. The highest BCUT2D eigenvalue weighted by atomic mass is 32.2. The Morgan fingerprint density at radius 3 is 2.56 bits per heavy atom. The number of nitrogens with one attached hydrogen (secondary N) is 1. The number of hydrogen-bond acceptors (Lipinski definition) is 6. The number of rotatable bonds is 5. The molecule has 0 saturated heterocycles. The first-order valence-corrected chi connectivity index (χ1v) is 12.1. The third-order valence-electron chi connectivity index (χ3n) is 6.12. The van der Waals surface area contributed by atoms with E-state index in [0.29, 0.717) is 21.7 Å². The minimum Gasteiger partial charge on any atom is -0.497 e. The summed E-state index contributed by atoms with van der Waals surface area (Å²) in [5.41, 5.74) is 5.69. The lowest BCUT2D eigenvalue weighted by molar-refractivity contribution is -0.114. The number of methoxy groups -OCH3 is 2. The van der Waals surface area contributed by atoms with E-state index in [2.05, 4.69) is 10.1 Å². The molecule has 3 heterocycles. The van der Waals surface area contributed by atoms with Crippen molar-refractivity contribution in [1.29, 1.82) is 5.41 Å². The number of thioether (sulfide) groups is 1. The van der Waals surface area contributed by atoms with Crippen LogP contribution in [0.4, 0.5) is 0 Å². The summed E-state index contributed by atoms with van der Waals surface area (Å²) in [5.74, 6) is 0.949. The second kappa shape index (κ2) is 9.16. The lowest BCUT2D eigenvalue weighted by Gasteiger charge is -2.20. The number of aryl methyl sites for hydroxylation is 2. The maximum atomic E-state index is 13.0. The van der Waals surface area contributed by atoms with Crippen LogP contribution in [-0.2, 0) is 4.79 Å². The summed E-state index contributed by atoms with van der Waals surface area (Å²) >= 11 is 1.29. The van der Waals surface area contributed by atoms with Crippen molar-refractivity contribution in [2.24, 2.45) is 10.1 Å². The van der Waals surface area contributed by atoms with Gasteiger partial charge < -0.3 is 14.0 Å². The molecule has 182 valence electrons. The molecule has 0 atom stereocenters. The molecule has 8 nitrogen and oxygen atoms in total. The van der Waals surface area contributed by atoms with E-state index in [1.807, 2.05) is 73.9 Å². The maximum Gasteiger partial charge on any atom is 0.283 e. The second-order valence-corrected chi connectivity index (χ2v) is 9.45. The number of nitrogens with zero attached hydrogens (tertiary/aromatic N) is 4. The highest BCUT2D eigenvalue weighted by molar-refractivity contribution is 8.27. The molecule has 0 radical (unpaired) electrons. The first kappa shape index (κ1) is 23.6. The van der Waals surface area contributed by atoms with Crippen molar-refractivity contribution in [1.82, 2.24) is 9.58 Å². The van der Waals surface area contributed by atoms with Crippen molar-refractivity contribution >= 4 is 39.8 Å². The van der Waals surface area contributed by atoms with Crippen LogP contribution in [-0.4, -0.2) is 45.7 Å². The van der Waals surface area contributed by atoms with Crippen molar-refractivity contribution in [3.63, 3.8) is 0 Å². The molecule has 1 aromatic heterocycles. The van der Waals surface area contributed by atoms with E-state index in [1.54, 1.807) is 20.3 Å². The van der Waals surface area contributed by atoms with Gasteiger partial charge in [0.15, 0.2) is 5.84 Å². The van der Waals surface area contributed by atoms with Crippen LogP contribution in [0.2, 0.25) is 0 Å². The van der Waals surface area contributed by atoms with Crippen molar-refractivity contribution in [2.45, 2.75) is 20.8 Å². The van der Waals surface area contributed by atoms with Gasteiger partial charge >= 0.3 is 0 Å². The quantitative estimate of drug-likeness (QED) is 0.494. The average molecular weight is 500 g/mol. The van der Waals surface area contributed by atoms with E-state index in [1.165, 1.54) is 16.8 Å². The smallest absolute Gasteiger partial charge is 0.283 e. The lowest BCUT2D eigenvalue weighted by atomic mass is 10.1. The van der Waals surface area contributed by atoms with Gasteiger partial charge in [0.25, 0.3) is 5.91 Å². The van der Waals surface area contributed by atoms with E-state index < -0.39 is 5.91 Å². The van der Waals surface area contributed by atoms with Crippen molar-refractivity contribution < 1.29 is 14.3 Å². The monoisotopic (exact) mass is 499 g/mol. The van der Waals surface area contributed by atoms with Crippen LogP contribution in [0.3, 0.4) is 0 Å². The van der Waals surface area contributed by atoms with Gasteiger partial charge in [-0.05, 0) is 68.4 Å². The molecule has 9 heteroatoms. The van der Waals surface area contributed by atoms with Gasteiger partial charge in [-0.3, -0.25) is 10.2 Å². The predicted molar refractivity (Wildman–Crippen MR) is 144 cm³/mol. The van der Waals surface area contributed by atoms with Crippen LogP contribution in [0.1, 0.15) is 28.1 Å². The number of benzene rings is 2. The summed E-state index contributed by atoms with van der Waals surface area (Å²) in [6, 6.07) is 15.5. The second-order valence-electron chi connectivity index (χ2n) is 8.49. The maximum absolute atomic E-state index is 13.0. The Kier molecular flexibility index (Phi) is 6.01. The molecule has 2 aromatic carbocycles. The Morgan fingerprint density at radius 2 is 1.83 bits per heavy atom. The Balaban J connectivity index is 1.53. The molecule has 0 spiro atoms. The molecule has 0 unspecified atom stereocenters. The average Bonchev–Trinajstić information content (AvgIpc) is 3.41. The van der Waals surface area contributed by atoms with Gasteiger partial charge in [0.2, 0.25) is 5.17 Å². The van der Waals surface area contributed by atoms with Gasteiger partial charge in [0, 0.05) is 23.0 Å². The number of aromatic nitrogens is 1. The van der Waals surface area contributed by atoms with Gasteiger partial charge in [0.05, 0.1) is 25.5 Å². The predicted octanol–water partition coefficient (Wildman–Crippen LogP) is 5.09. The van der Waals surface area contributed by atoms with E-state index in [-0.39, 0.29) is 11.4 Å². The van der Waals surface area contributed by atoms with Gasteiger partial charge in [-0.25, -0.2) is 0 Å². The lowest BCUT2D eigenvalue weighted by Crippen LogP contribution is -2.35. The van der Waals surface area contributed by atoms with Crippen LogP contribution in [0, 0.1) is 26.2 Å². The number of ether oxygens (including phenoxy) is 2. The Labute approximate surface area is 213 Å². The first-order valence-electron chi connectivity index (χ1n) is 11.3. The highest BCUT2D eigenvalue weighted by Crippen LogP contribution is 2.34. The zero-order chi connectivity index (χ0) is 25.6. The molecular formula is C27H25N5O3S. The molecule has 3 aromatic rings.